The van der Waals surface area contributed by atoms with Crippen molar-refractivity contribution in [1.29, 1.82) is 0 Å². The molecule has 2 atom stereocenters. The molecule has 9 nitrogen and oxygen atoms in total. The molecule has 3 aromatic rings. The van der Waals surface area contributed by atoms with Gasteiger partial charge < -0.3 is 15.4 Å². The van der Waals surface area contributed by atoms with Crippen LogP contribution in [0.25, 0.3) is 0 Å². The third-order valence-corrected chi connectivity index (χ3v) is 6.21. The zero-order valence-corrected chi connectivity index (χ0v) is 19.4. The number of nitrogens with one attached hydrogen (secondary N) is 2. The van der Waals surface area contributed by atoms with Crippen LogP contribution in [0.2, 0.25) is 0 Å². The number of carbonyl (C=O) groups excluding carboxylic acids is 4. The summed E-state index contributed by atoms with van der Waals surface area (Å²) in [5, 5.41) is 6.76. The number of esters is 1. The minimum Gasteiger partial charge on any atom is -0.464 e. The molecule has 1 aliphatic heterocycles. The van der Waals surface area contributed by atoms with Crippen molar-refractivity contribution in [2.24, 2.45) is 0 Å². The van der Waals surface area contributed by atoms with Gasteiger partial charge in [-0.15, -0.1) is 11.3 Å². The Labute approximate surface area is 203 Å². The number of carbonyl (C=O) groups is 4. The molecule has 1 aromatic heterocycles. The van der Waals surface area contributed by atoms with E-state index in [-0.39, 0.29) is 17.2 Å². The fourth-order valence-electron chi connectivity index (χ4n) is 3.67. The van der Waals surface area contributed by atoms with Crippen LogP contribution in [-0.4, -0.2) is 46.9 Å². The van der Waals surface area contributed by atoms with Crippen LogP contribution < -0.4 is 10.6 Å². The summed E-state index contributed by atoms with van der Waals surface area (Å²) in [6.07, 6.45) is 0.0641. The molecule has 2 heterocycles. The second kappa shape index (κ2) is 10.4. The van der Waals surface area contributed by atoms with E-state index in [4.69, 9.17) is 0 Å². The summed E-state index contributed by atoms with van der Waals surface area (Å²) >= 11 is 1.01. The highest BCUT2D eigenvalue weighted by Crippen LogP contribution is 2.26. The topological polar surface area (TPSA) is 118 Å². The van der Waals surface area contributed by atoms with Crippen LogP contribution in [0.15, 0.2) is 60.0 Å². The number of hydrogen-bond donors (Lipinski definition) is 2. The Bertz CT molecular complexity index is 1250. The smallest absolute Gasteiger partial charge is 0.357 e. The van der Waals surface area contributed by atoms with Gasteiger partial charge in [0.1, 0.15) is 18.8 Å². The molecule has 1 aliphatic rings. The second-order valence-electron chi connectivity index (χ2n) is 7.69. The number of anilines is 1. The van der Waals surface area contributed by atoms with Crippen molar-refractivity contribution in [2.45, 2.75) is 25.2 Å². The Morgan fingerprint density at radius 1 is 1.14 bits per heavy atom. The molecule has 1 saturated heterocycles. The first-order valence-corrected chi connectivity index (χ1v) is 11.5. The van der Waals surface area contributed by atoms with E-state index in [1.54, 1.807) is 36.4 Å². The quantitative estimate of drug-likeness (QED) is 0.365. The van der Waals surface area contributed by atoms with Crippen molar-refractivity contribution in [3.05, 3.63) is 82.4 Å². The molecule has 2 aromatic carbocycles. The molecule has 4 rings (SSSR count). The van der Waals surface area contributed by atoms with Gasteiger partial charge in [0, 0.05) is 11.8 Å². The van der Waals surface area contributed by atoms with Gasteiger partial charge in [-0.3, -0.25) is 9.59 Å². The standard InChI is InChI=1S/C24H21FN4O5S/c1-34-22(32)17-13-35-23(26-17)28-20(30)18(11-14-5-3-2-4-6-14)29-21(31)19(27-24(29)33)16-9-7-15(12-25)8-10-16/h2-10,13,18-19H,11-12H2,1H3,(H,27,33)(H,26,28,30)/t18-,19?/m0/s1. The van der Waals surface area contributed by atoms with Crippen molar-refractivity contribution in [3.63, 3.8) is 0 Å². The zero-order valence-electron chi connectivity index (χ0n) is 18.6. The van der Waals surface area contributed by atoms with Gasteiger partial charge in [0.15, 0.2) is 10.8 Å². The molecule has 4 amide bonds. The highest BCUT2D eigenvalue weighted by molar-refractivity contribution is 7.14. The Balaban J connectivity index is 1.60. The molecule has 0 saturated carbocycles. The van der Waals surface area contributed by atoms with Crippen LogP contribution in [0.4, 0.5) is 14.3 Å². The van der Waals surface area contributed by atoms with E-state index in [2.05, 4.69) is 20.4 Å². The summed E-state index contributed by atoms with van der Waals surface area (Å²) in [4.78, 5) is 56.1. The molecule has 0 bridgehead atoms. The van der Waals surface area contributed by atoms with Gasteiger partial charge in [-0.05, 0) is 16.7 Å². The van der Waals surface area contributed by atoms with E-state index in [0.29, 0.717) is 11.1 Å². The number of hydrogen-bond acceptors (Lipinski definition) is 7. The maximum Gasteiger partial charge on any atom is 0.357 e. The number of amides is 4. The lowest BCUT2D eigenvalue weighted by Gasteiger charge is -2.24. The molecule has 0 radical (unpaired) electrons. The first kappa shape index (κ1) is 24.0. The van der Waals surface area contributed by atoms with Crippen molar-refractivity contribution in [1.82, 2.24) is 15.2 Å². The summed E-state index contributed by atoms with van der Waals surface area (Å²) in [5.41, 5.74) is 1.68. The monoisotopic (exact) mass is 496 g/mol. The van der Waals surface area contributed by atoms with E-state index >= 15 is 0 Å². The number of aromatic nitrogens is 1. The SMILES string of the molecule is COC(=O)c1csc(NC(=O)[C@H](Cc2ccccc2)N2C(=O)NC(c3ccc(CF)cc3)C2=O)n1. The van der Waals surface area contributed by atoms with Crippen molar-refractivity contribution in [2.75, 3.05) is 12.4 Å². The van der Waals surface area contributed by atoms with Gasteiger partial charge in [0.2, 0.25) is 5.91 Å². The van der Waals surface area contributed by atoms with E-state index in [1.807, 2.05) is 6.07 Å². The number of alkyl halides is 1. The average molecular weight is 497 g/mol. The number of halogens is 1. The summed E-state index contributed by atoms with van der Waals surface area (Å²) in [7, 11) is 1.22. The number of urea groups is 1. The lowest BCUT2D eigenvalue weighted by molar-refractivity contribution is -0.134. The molecular formula is C24H21FN4O5S. The fraction of sp³-hybridized carbons (Fsp3) is 0.208. The van der Waals surface area contributed by atoms with Gasteiger partial charge >= 0.3 is 12.0 Å². The second-order valence-corrected chi connectivity index (χ2v) is 8.55. The maximum atomic E-state index is 13.3. The number of imide groups is 1. The maximum absolute atomic E-state index is 13.3. The number of ether oxygens (including phenoxy) is 1. The van der Waals surface area contributed by atoms with E-state index in [0.717, 1.165) is 21.8 Å². The normalized spacial score (nSPS) is 16.1. The molecule has 1 unspecified atom stereocenters. The molecule has 0 spiro atoms. The number of benzene rings is 2. The summed E-state index contributed by atoms with van der Waals surface area (Å²) in [6, 6.07) is 12.2. The van der Waals surface area contributed by atoms with Gasteiger partial charge in [-0.1, -0.05) is 54.6 Å². The van der Waals surface area contributed by atoms with E-state index in [9.17, 15) is 23.6 Å². The summed E-state index contributed by atoms with van der Waals surface area (Å²) in [5.74, 6) is -1.90. The number of thiazole rings is 1. The Hall–Kier alpha value is -4.12. The van der Waals surface area contributed by atoms with Gasteiger partial charge in [0.25, 0.3) is 5.91 Å². The van der Waals surface area contributed by atoms with E-state index in [1.165, 1.54) is 24.6 Å². The van der Waals surface area contributed by atoms with Gasteiger partial charge in [-0.25, -0.2) is 23.9 Å². The number of rotatable bonds is 8. The zero-order chi connectivity index (χ0) is 24.9. The van der Waals surface area contributed by atoms with Crippen LogP contribution in [0, 0.1) is 0 Å². The van der Waals surface area contributed by atoms with Crippen LogP contribution in [0.1, 0.15) is 33.2 Å². The predicted octanol–water partition coefficient (Wildman–Crippen LogP) is 3.24. The average Bonchev–Trinajstić information content (AvgIpc) is 3.46. The first-order valence-electron chi connectivity index (χ1n) is 10.6. The molecule has 1 fully saturated rings. The molecular weight excluding hydrogens is 475 g/mol. The highest BCUT2D eigenvalue weighted by atomic mass is 32.1. The third kappa shape index (κ3) is 5.19. The van der Waals surface area contributed by atoms with Crippen LogP contribution in [0.5, 0.6) is 0 Å². The van der Waals surface area contributed by atoms with Crippen molar-refractivity contribution in [3.8, 4) is 0 Å². The largest absolute Gasteiger partial charge is 0.464 e. The van der Waals surface area contributed by atoms with Gasteiger partial charge in [-0.2, -0.15) is 0 Å². The van der Waals surface area contributed by atoms with Crippen LogP contribution in [0.3, 0.4) is 0 Å². The molecule has 0 aliphatic carbocycles. The summed E-state index contributed by atoms with van der Waals surface area (Å²) < 4.78 is 17.5. The minimum atomic E-state index is -1.19. The van der Waals surface area contributed by atoms with Crippen molar-refractivity contribution < 1.29 is 28.3 Å². The predicted molar refractivity (Wildman–Crippen MR) is 125 cm³/mol. The van der Waals surface area contributed by atoms with Crippen LogP contribution in [-0.2, 0) is 27.4 Å². The lowest BCUT2D eigenvalue weighted by atomic mass is 10.0. The molecule has 11 heteroatoms. The summed E-state index contributed by atoms with van der Waals surface area (Å²) in [6.45, 7) is -0.648. The van der Waals surface area contributed by atoms with Crippen LogP contribution >= 0.6 is 11.3 Å². The third-order valence-electron chi connectivity index (χ3n) is 5.45. The molecule has 180 valence electrons. The lowest BCUT2D eigenvalue weighted by Crippen LogP contribution is -2.49. The molecule has 2 N–H and O–H groups in total. The first-order chi connectivity index (χ1) is 16.9. The fourth-order valence-corrected chi connectivity index (χ4v) is 4.35. The van der Waals surface area contributed by atoms with Gasteiger partial charge in [0.05, 0.1) is 7.11 Å². The minimum absolute atomic E-state index is 0.0270. The highest BCUT2D eigenvalue weighted by Gasteiger charge is 2.45. The van der Waals surface area contributed by atoms with Crippen molar-refractivity contribution >= 4 is 40.3 Å². The number of methoxy groups -OCH3 is 1. The Morgan fingerprint density at radius 2 is 1.86 bits per heavy atom. The number of nitrogens with zero attached hydrogens (tertiary/aromatic N) is 2. The Morgan fingerprint density at radius 3 is 2.51 bits per heavy atom. The Kier molecular flexibility index (Phi) is 7.16. The van der Waals surface area contributed by atoms with E-state index < -0.39 is 42.6 Å². The molecule has 35 heavy (non-hydrogen) atoms.